The molecule has 1 aliphatic heterocycles. The second-order valence-electron chi connectivity index (χ2n) is 4.51. The Morgan fingerprint density at radius 1 is 1.47 bits per heavy atom. The summed E-state index contributed by atoms with van der Waals surface area (Å²) in [5, 5.41) is 3.65. The van der Waals surface area contributed by atoms with Crippen LogP contribution < -0.4 is 10.1 Å². The van der Waals surface area contributed by atoms with E-state index in [1.807, 2.05) is 17.8 Å². The van der Waals surface area contributed by atoms with Crippen LogP contribution in [0.3, 0.4) is 0 Å². The van der Waals surface area contributed by atoms with Crippen LogP contribution in [0, 0.1) is 0 Å². The molecule has 1 aliphatic rings. The van der Waals surface area contributed by atoms with Crippen molar-refractivity contribution in [1.29, 1.82) is 0 Å². The normalized spacial score (nSPS) is 19.8. The highest BCUT2D eigenvalue weighted by Crippen LogP contribution is 2.32. The first-order chi connectivity index (χ1) is 8.35. The Balaban J connectivity index is 1.89. The predicted octanol–water partition coefficient (Wildman–Crippen LogP) is 2.89. The average molecular weight is 251 g/mol. The lowest BCUT2D eigenvalue weighted by atomic mass is 10.0. The third-order valence-electron chi connectivity index (χ3n) is 3.31. The quantitative estimate of drug-likeness (QED) is 0.840. The molecule has 0 fully saturated rings. The highest BCUT2D eigenvalue weighted by atomic mass is 32.2. The van der Waals surface area contributed by atoms with Crippen LogP contribution in [0.25, 0.3) is 0 Å². The van der Waals surface area contributed by atoms with Crippen molar-refractivity contribution in [3.63, 3.8) is 0 Å². The number of rotatable bonds is 6. The fourth-order valence-corrected chi connectivity index (χ4v) is 2.99. The number of fused-ring (bicyclic) bond motifs is 1. The fraction of sp³-hybridized carbons (Fsp3) is 0.571. The van der Waals surface area contributed by atoms with Gasteiger partial charge in [0.2, 0.25) is 0 Å². The minimum Gasteiger partial charge on any atom is -0.493 e. The number of hydrogen-bond donors (Lipinski definition) is 1. The minimum atomic E-state index is 0.516. The molecule has 2 nitrogen and oxygen atoms in total. The number of hydrogen-bond acceptors (Lipinski definition) is 3. The van der Waals surface area contributed by atoms with Crippen LogP contribution in [-0.4, -0.2) is 31.2 Å². The molecule has 1 aromatic rings. The summed E-state index contributed by atoms with van der Waals surface area (Å²) >= 11 is 1.91. The van der Waals surface area contributed by atoms with Crippen molar-refractivity contribution < 1.29 is 4.74 Å². The van der Waals surface area contributed by atoms with Crippen LogP contribution in [0.5, 0.6) is 5.75 Å². The van der Waals surface area contributed by atoms with E-state index in [-0.39, 0.29) is 0 Å². The largest absolute Gasteiger partial charge is 0.493 e. The highest BCUT2D eigenvalue weighted by molar-refractivity contribution is 7.98. The molecule has 0 amide bonds. The van der Waals surface area contributed by atoms with Gasteiger partial charge in [0.25, 0.3) is 0 Å². The summed E-state index contributed by atoms with van der Waals surface area (Å²) in [6.07, 6.45) is 3.36. The zero-order valence-electron chi connectivity index (χ0n) is 10.6. The monoisotopic (exact) mass is 251 g/mol. The maximum Gasteiger partial charge on any atom is 0.122 e. The first-order valence-electron chi connectivity index (χ1n) is 6.29. The number of nitrogens with one attached hydrogen (secondary N) is 1. The average Bonchev–Trinajstić information content (AvgIpc) is 2.78. The molecule has 1 heterocycles. The van der Waals surface area contributed by atoms with Crippen LogP contribution in [0.1, 0.15) is 24.8 Å². The summed E-state index contributed by atoms with van der Waals surface area (Å²) in [5.74, 6) is 2.77. The van der Waals surface area contributed by atoms with E-state index in [9.17, 15) is 0 Å². The molecule has 1 aromatic carbocycles. The summed E-state index contributed by atoms with van der Waals surface area (Å²) in [6.45, 7) is 4.09. The van der Waals surface area contributed by atoms with Gasteiger partial charge in [0, 0.05) is 29.8 Å². The van der Waals surface area contributed by atoms with Gasteiger partial charge in [0.1, 0.15) is 5.75 Å². The second kappa shape index (κ2) is 6.31. The summed E-state index contributed by atoms with van der Waals surface area (Å²) in [5.41, 5.74) is 1.36. The minimum absolute atomic E-state index is 0.516. The van der Waals surface area contributed by atoms with E-state index in [1.165, 1.54) is 17.7 Å². The smallest absolute Gasteiger partial charge is 0.122 e. The molecule has 17 heavy (non-hydrogen) atoms. The third kappa shape index (κ3) is 3.17. The second-order valence-corrected chi connectivity index (χ2v) is 5.43. The van der Waals surface area contributed by atoms with Gasteiger partial charge in [-0.1, -0.05) is 25.1 Å². The van der Waals surface area contributed by atoms with Crippen LogP contribution >= 0.6 is 11.8 Å². The molecule has 0 saturated carbocycles. The molecule has 2 atom stereocenters. The zero-order chi connectivity index (χ0) is 12.1. The molecule has 1 N–H and O–H groups in total. The summed E-state index contributed by atoms with van der Waals surface area (Å²) in [6, 6.07) is 9.01. The van der Waals surface area contributed by atoms with Crippen LogP contribution in [0.15, 0.2) is 24.3 Å². The van der Waals surface area contributed by atoms with Crippen molar-refractivity contribution in [3.05, 3.63) is 29.8 Å². The molecule has 0 aromatic heterocycles. The molecular formula is C14H21NOS. The predicted molar refractivity (Wildman–Crippen MR) is 75.1 cm³/mol. The molecule has 2 rings (SSSR count). The molecule has 2 unspecified atom stereocenters. The molecule has 0 aliphatic carbocycles. The maximum atomic E-state index is 5.69. The Kier molecular flexibility index (Phi) is 4.75. The van der Waals surface area contributed by atoms with Crippen molar-refractivity contribution in [2.75, 3.05) is 25.2 Å². The Bertz CT molecular complexity index is 356. The van der Waals surface area contributed by atoms with E-state index in [0.717, 1.165) is 18.9 Å². The number of benzene rings is 1. The van der Waals surface area contributed by atoms with E-state index in [2.05, 4.69) is 36.7 Å². The molecule has 0 bridgehead atoms. The molecule has 0 radical (unpaired) electrons. The van der Waals surface area contributed by atoms with E-state index >= 15 is 0 Å². The summed E-state index contributed by atoms with van der Waals surface area (Å²) in [4.78, 5) is 0. The third-order valence-corrected chi connectivity index (χ3v) is 4.05. The van der Waals surface area contributed by atoms with Gasteiger partial charge in [-0.2, -0.15) is 11.8 Å². The van der Waals surface area contributed by atoms with Gasteiger partial charge < -0.3 is 10.1 Å². The van der Waals surface area contributed by atoms with Gasteiger partial charge in [-0.25, -0.2) is 0 Å². The topological polar surface area (TPSA) is 21.3 Å². The van der Waals surface area contributed by atoms with Gasteiger partial charge >= 0.3 is 0 Å². The highest BCUT2D eigenvalue weighted by Gasteiger charge is 2.23. The lowest BCUT2D eigenvalue weighted by Crippen LogP contribution is -2.34. The van der Waals surface area contributed by atoms with Crippen molar-refractivity contribution >= 4 is 11.8 Å². The van der Waals surface area contributed by atoms with Gasteiger partial charge in [-0.15, -0.1) is 0 Å². The number of ether oxygens (including phenoxy) is 1. The Hall–Kier alpha value is -0.670. The first kappa shape index (κ1) is 12.8. The maximum absolute atomic E-state index is 5.69. The molecule has 0 saturated heterocycles. The van der Waals surface area contributed by atoms with E-state index in [0.29, 0.717) is 12.0 Å². The Morgan fingerprint density at radius 2 is 2.29 bits per heavy atom. The summed E-state index contributed by atoms with van der Waals surface area (Å²) < 4.78 is 5.69. The van der Waals surface area contributed by atoms with Gasteiger partial charge in [-0.05, 0) is 18.7 Å². The van der Waals surface area contributed by atoms with Crippen molar-refractivity contribution in [1.82, 2.24) is 5.32 Å². The van der Waals surface area contributed by atoms with E-state index in [1.54, 1.807) is 0 Å². The molecule has 94 valence electrons. The number of thioether (sulfide) groups is 1. The van der Waals surface area contributed by atoms with Crippen LogP contribution in [0.2, 0.25) is 0 Å². The lowest BCUT2D eigenvalue weighted by Gasteiger charge is -2.18. The lowest BCUT2D eigenvalue weighted by molar-refractivity contribution is 0.322. The standard InChI is InChI=1S/C14H21NOS/c1-3-12(10-17-2)15-8-11-9-16-14-7-5-4-6-13(11)14/h4-7,11-12,15H,3,8-10H2,1-2H3. The Morgan fingerprint density at radius 3 is 3.06 bits per heavy atom. The van der Waals surface area contributed by atoms with Crippen LogP contribution in [-0.2, 0) is 0 Å². The van der Waals surface area contributed by atoms with E-state index < -0.39 is 0 Å². The molecular weight excluding hydrogens is 230 g/mol. The van der Waals surface area contributed by atoms with Crippen molar-refractivity contribution in [2.45, 2.75) is 25.3 Å². The summed E-state index contributed by atoms with van der Waals surface area (Å²) in [7, 11) is 0. The van der Waals surface area contributed by atoms with Crippen molar-refractivity contribution in [3.8, 4) is 5.75 Å². The van der Waals surface area contributed by atoms with Gasteiger partial charge in [0.05, 0.1) is 6.61 Å². The van der Waals surface area contributed by atoms with E-state index in [4.69, 9.17) is 4.74 Å². The fourth-order valence-electron chi connectivity index (χ4n) is 2.23. The Labute approximate surface area is 108 Å². The van der Waals surface area contributed by atoms with Gasteiger partial charge in [0.15, 0.2) is 0 Å². The first-order valence-corrected chi connectivity index (χ1v) is 7.68. The van der Waals surface area contributed by atoms with Crippen LogP contribution in [0.4, 0.5) is 0 Å². The van der Waals surface area contributed by atoms with Crippen molar-refractivity contribution in [2.24, 2.45) is 0 Å². The van der Waals surface area contributed by atoms with Gasteiger partial charge in [-0.3, -0.25) is 0 Å². The SMILES string of the molecule is CCC(CSC)NCC1COc2ccccc21. The molecule has 0 spiro atoms. The number of para-hydroxylation sites is 1. The molecule has 3 heteroatoms. The zero-order valence-corrected chi connectivity index (χ0v) is 11.4.